The molecule has 0 aliphatic heterocycles. The molecule has 6 N–H and O–H groups in total. The van der Waals surface area contributed by atoms with E-state index in [4.69, 9.17) is 0 Å². The molecular formula is C31H51N7O3. The Hall–Kier alpha value is -3.24. The highest BCUT2D eigenvalue weighted by Gasteiger charge is 2.32. The number of H-pyrrole nitrogens is 1. The number of carbonyl (C=O) groups excluding carboxylic acids is 3. The number of rotatable bonds is 16. The number of amides is 3. The van der Waals surface area contributed by atoms with Crippen molar-refractivity contribution in [3.63, 3.8) is 0 Å². The lowest BCUT2D eigenvalue weighted by Gasteiger charge is -2.28. The molecule has 0 spiro atoms. The number of hydrogen-bond acceptors (Lipinski definition) is 6. The first-order valence-electron chi connectivity index (χ1n) is 14.7. The van der Waals surface area contributed by atoms with Crippen LogP contribution in [0.4, 0.5) is 0 Å². The van der Waals surface area contributed by atoms with Crippen LogP contribution in [0.25, 0.3) is 0 Å². The van der Waals surface area contributed by atoms with Crippen molar-refractivity contribution >= 4 is 17.7 Å². The van der Waals surface area contributed by atoms with E-state index in [0.29, 0.717) is 25.8 Å². The van der Waals surface area contributed by atoms with Gasteiger partial charge in [0.25, 0.3) is 0 Å². The van der Waals surface area contributed by atoms with Gasteiger partial charge in [0.1, 0.15) is 12.1 Å². The van der Waals surface area contributed by atoms with Gasteiger partial charge in [-0.1, -0.05) is 58.4 Å². The number of hydrogen-bond donors (Lipinski definition) is 6. The highest BCUT2D eigenvalue weighted by Crippen LogP contribution is 2.12. The first kappa shape index (κ1) is 34.0. The zero-order valence-electron chi connectivity index (χ0n) is 26.1. The molecular weight excluding hydrogens is 518 g/mol. The van der Waals surface area contributed by atoms with Gasteiger partial charge < -0.3 is 31.6 Å². The molecule has 0 saturated heterocycles. The number of aromatic amines is 1. The highest BCUT2D eigenvalue weighted by atomic mass is 16.2. The van der Waals surface area contributed by atoms with Crippen LogP contribution in [0.2, 0.25) is 0 Å². The fraction of sp³-hybridized carbons (Fsp3) is 0.613. The van der Waals surface area contributed by atoms with E-state index >= 15 is 0 Å². The number of aromatic nitrogens is 2. The van der Waals surface area contributed by atoms with E-state index in [1.807, 2.05) is 39.8 Å². The van der Waals surface area contributed by atoms with Crippen LogP contribution in [0, 0.1) is 11.8 Å². The van der Waals surface area contributed by atoms with Crippen LogP contribution in [0.3, 0.4) is 0 Å². The van der Waals surface area contributed by atoms with Gasteiger partial charge in [-0.15, -0.1) is 0 Å². The SMILES string of the molecule is CCC(C)[C@H](NC(=O)[C@H](Cc1cnc[nH]1)NC)C(=O)N[C@@H](CC(C)C)C(=O)NCc1ccc(CNC(C)(C)C)cc1. The maximum Gasteiger partial charge on any atom is 0.243 e. The Balaban J connectivity index is 2.04. The Kier molecular flexibility index (Phi) is 13.5. The van der Waals surface area contributed by atoms with Gasteiger partial charge >= 0.3 is 0 Å². The number of benzene rings is 1. The van der Waals surface area contributed by atoms with Crippen molar-refractivity contribution in [2.45, 2.75) is 104 Å². The second kappa shape index (κ2) is 16.3. The number of likely N-dealkylation sites (N-methyl/N-ethyl adjacent to an activating group) is 1. The topological polar surface area (TPSA) is 140 Å². The Morgan fingerprint density at radius 2 is 1.54 bits per heavy atom. The van der Waals surface area contributed by atoms with E-state index in [-0.39, 0.29) is 35.1 Å². The van der Waals surface area contributed by atoms with Crippen molar-refractivity contribution in [3.8, 4) is 0 Å². The van der Waals surface area contributed by atoms with Gasteiger partial charge in [0.15, 0.2) is 0 Å². The van der Waals surface area contributed by atoms with Crippen LogP contribution in [-0.4, -0.2) is 58.4 Å². The van der Waals surface area contributed by atoms with Gasteiger partial charge in [-0.05, 0) is 57.2 Å². The molecule has 2 aromatic rings. The Morgan fingerprint density at radius 1 is 0.902 bits per heavy atom. The summed E-state index contributed by atoms with van der Waals surface area (Å²) in [5, 5.41) is 15.3. The minimum absolute atomic E-state index is 0.0357. The van der Waals surface area contributed by atoms with Crippen LogP contribution >= 0.6 is 0 Å². The number of nitrogens with zero attached hydrogens (tertiary/aromatic N) is 1. The molecule has 0 fully saturated rings. The fourth-order valence-electron chi connectivity index (χ4n) is 4.32. The molecule has 10 nitrogen and oxygen atoms in total. The lowest BCUT2D eigenvalue weighted by Crippen LogP contribution is -2.58. The third kappa shape index (κ3) is 12.0. The molecule has 10 heteroatoms. The summed E-state index contributed by atoms with van der Waals surface area (Å²) in [6.07, 6.45) is 4.81. The van der Waals surface area contributed by atoms with Crippen LogP contribution in [0.15, 0.2) is 36.8 Å². The van der Waals surface area contributed by atoms with Gasteiger partial charge in [0.05, 0.1) is 12.4 Å². The molecule has 3 amide bonds. The van der Waals surface area contributed by atoms with Crippen molar-refractivity contribution < 1.29 is 14.4 Å². The summed E-state index contributed by atoms with van der Waals surface area (Å²) in [6.45, 7) is 15.4. The van der Waals surface area contributed by atoms with Crippen LogP contribution in [0.5, 0.6) is 0 Å². The largest absolute Gasteiger partial charge is 0.350 e. The molecule has 2 rings (SSSR count). The maximum absolute atomic E-state index is 13.5. The number of carbonyl (C=O) groups is 3. The Labute approximate surface area is 245 Å². The summed E-state index contributed by atoms with van der Waals surface area (Å²) in [7, 11) is 1.71. The number of imidazole rings is 1. The van der Waals surface area contributed by atoms with Crippen molar-refractivity contribution in [1.82, 2.24) is 36.6 Å². The summed E-state index contributed by atoms with van der Waals surface area (Å²) in [5.41, 5.74) is 3.00. The predicted octanol–water partition coefficient (Wildman–Crippen LogP) is 2.81. The van der Waals surface area contributed by atoms with Crippen LogP contribution in [-0.2, 0) is 33.9 Å². The smallest absolute Gasteiger partial charge is 0.243 e. The minimum atomic E-state index is -0.776. The minimum Gasteiger partial charge on any atom is -0.350 e. The molecule has 1 unspecified atom stereocenters. The Bertz CT molecular complexity index is 1080. The highest BCUT2D eigenvalue weighted by molar-refractivity contribution is 5.93. The van der Waals surface area contributed by atoms with E-state index in [1.165, 1.54) is 5.56 Å². The van der Waals surface area contributed by atoms with Crippen molar-refractivity contribution in [2.24, 2.45) is 11.8 Å². The van der Waals surface area contributed by atoms with Gasteiger partial charge in [-0.25, -0.2) is 4.98 Å². The van der Waals surface area contributed by atoms with E-state index in [9.17, 15) is 14.4 Å². The molecule has 228 valence electrons. The normalized spacial score (nSPS) is 14.7. The molecule has 41 heavy (non-hydrogen) atoms. The van der Waals surface area contributed by atoms with E-state index < -0.39 is 18.1 Å². The molecule has 1 aromatic heterocycles. The standard InChI is InChI=1S/C31H51N7O3/c1-9-21(4)27(38-29(40)25(32-8)15-24-18-33-19-35-24)30(41)37-26(14-20(2)3)28(39)34-16-22-10-12-23(13-11-22)17-36-31(5,6)7/h10-13,18-21,25-27,32,36H,9,14-17H2,1-8H3,(H,33,35)(H,34,39)(H,37,41)(H,38,40)/t21?,25-,26-,27-/m0/s1. The fourth-order valence-corrected chi connectivity index (χ4v) is 4.32. The van der Waals surface area contributed by atoms with Gasteiger partial charge in [0.2, 0.25) is 17.7 Å². The molecule has 0 radical (unpaired) electrons. The van der Waals surface area contributed by atoms with E-state index in [2.05, 4.69) is 69.5 Å². The summed E-state index contributed by atoms with van der Waals surface area (Å²) in [4.78, 5) is 46.9. The lowest BCUT2D eigenvalue weighted by molar-refractivity contribution is -0.134. The van der Waals surface area contributed by atoms with Crippen LogP contribution < -0.4 is 26.6 Å². The molecule has 4 atom stereocenters. The Morgan fingerprint density at radius 3 is 2.05 bits per heavy atom. The third-order valence-electron chi connectivity index (χ3n) is 7.09. The quantitative estimate of drug-likeness (QED) is 0.184. The summed E-state index contributed by atoms with van der Waals surface area (Å²) in [5.74, 6) is -0.834. The van der Waals surface area contributed by atoms with Crippen molar-refractivity contribution in [2.75, 3.05) is 7.05 Å². The summed E-state index contributed by atoms with van der Waals surface area (Å²) >= 11 is 0. The zero-order chi connectivity index (χ0) is 30.6. The van der Waals surface area contributed by atoms with Gasteiger partial charge in [-0.3, -0.25) is 14.4 Å². The van der Waals surface area contributed by atoms with E-state index in [0.717, 1.165) is 17.8 Å². The first-order chi connectivity index (χ1) is 19.3. The third-order valence-corrected chi connectivity index (χ3v) is 7.09. The summed E-state index contributed by atoms with van der Waals surface area (Å²) < 4.78 is 0. The molecule has 1 aromatic carbocycles. The first-order valence-corrected chi connectivity index (χ1v) is 14.7. The molecule has 0 bridgehead atoms. The van der Waals surface area contributed by atoms with Crippen molar-refractivity contribution in [1.29, 1.82) is 0 Å². The molecule has 0 aliphatic carbocycles. The van der Waals surface area contributed by atoms with Gasteiger partial charge in [0, 0.05) is 36.9 Å². The molecule has 1 heterocycles. The monoisotopic (exact) mass is 569 g/mol. The maximum atomic E-state index is 13.5. The van der Waals surface area contributed by atoms with Crippen molar-refractivity contribution in [3.05, 3.63) is 53.6 Å². The average Bonchev–Trinajstić information content (AvgIpc) is 3.44. The zero-order valence-corrected chi connectivity index (χ0v) is 26.1. The average molecular weight is 570 g/mol. The second-order valence-corrected chi connectivity index (χ2v) is 12.3. The summed E-state index contributed by atoms with van der Waals surface area (Å²) in [6, 6.07) is 6.08. The van der Waals surface area contributed by atoms with Crippen LogP contribution in [0.1, 0.15) is 78.1 Å². The predicted molar refractivity (Wildman–Crippen MR) is 163 cm³/mol. The lowest BCUT2D eigenvalue weighted by atomic mass is 9.96. The molecule has 0 aliphatic rings. The number of nitrogens with one attached hydrogen (secondary N) is 6. The van der Waals surface area contributed by atoms with Gasteiger partial charge in [-0.2, -0.15) is 0 Å². The van der Waals surface area contributed by atoms with E-state index in [1.54, 1.807) is 19.6 Å². The molecule has 0 saturated carbocycles. The second-order valence-electron chi connectivity index (χ2n) is 12.3.